The number of pyridine rings is 1. The van der Waals surface area contributed by atoms with Crippen LogP contribution < -0.4 is 0 Å². The van der Waals surface area contributed by atoms with Crippen molar-refractivity contribution in [2.45, 2.75) is 78.1 Å². The Morgan fingerprint density at radius 2 is 1.37 bits per heavy atom. The van der Waals surface area contributed by atoms with Gasteiger partial charge >= 0.3 is 0 Å². The van der Waals surface area contributed by atoms with E-state index in [0.717, 1.165) is 25.7 Å². The fraction of sp³-hybridized carbons (Fsp3) is 0.667. The third kappa shape index (κ3) is 6.75. The molecule has 1 aromatic heterocycles. The predicted octanol–water partition coefficient (Wildman–Crippen LogP) is 5.31. The van der Waals surface area contributed by atoms with Crippen molar-refractivity contribution >= 4 is 0 Å². The molecule has 0 saturated heterocycles. The van der Waals surface area contributed by atoms with Gasteiger partial charge in [0.15, 0.2) is 0 Å². The van der Waals surface area contributed by atoms with Gasteiger partial charge in [0.1, 0.15) is 0 Å². The molecule has 1 heterocycles. The Hall–Kier alpha value is -0.850. The van der Waals surface area contributed by atoms with Crippen LogP contribution in [0.15, 0.2) is 12.1 Å². The van der Waals surface area contributed by atoms with Gasteiger partial charge in [0.2, 0.25) is 0 Å². The lowest BCUT2D eigenvalue weighted by Crippen LogP contribution is -2.00. The van der Waals surface area contributed by atoms with Crippen molar-refractivity contribution in [3.8, 4) is 0 Å². The van der Waals surface area contributed by atoms with Gasteiger partial charge in [0.05, 0.1) is 0 Å². The molecular formula is C18H30N. The zero-order chi connectivity index (χ0) is 13.9. The first-order chi connectivity index (χ1) is 9.30. The molecule has 0 aliphatic carbocycles. The summed E-state index contributed by atoms with van der Waals surface area (Å²) in [6, 6.07) is 4.59. The van der Waals surface area contributed by atoms with E-state index in [4.69, 9.17) is 4.98 Å². The van der Waals surface area contributed by atoms with E-state index in [0.29, 0.717) is 0 Å². The molecule has 107 valence electrons. The monoisotopic (exact) mass is 260 g/mol. The Morgan fingerprint density at radius 1 is 0.842 bits per heavy atom. The highest BCUT2D eigenvalue weighted by Crippen LogP contribution is 2.13. The smallest absolute Gasteiger partial charge is 0.0409 e. The Morgan fingerprint density at radius 3 is 1.79 bits per heavy atom. The first-order valence-electron chi connectivity index (χ1n) is 8.08. The second kappa shape index (κ2) is 10.00. The molecule has 0 bridgehead atoms. The molecule has 0 N–H and O–H groups in total. The van der Waals surface area contributed by atoms with Crippen LogP contribution in [0.4, 0.5) is 0 Å². The highest BCUT2D eigenvalue weighted by atomic mass is 14.7. The van der Waals surface area contributed by atoms with Crippen LogP contribution >= 0.6 is 0 Å². The molecule has 1 aromatic rings. The summed E-state index contributed by atoms with van der Waals surface area (Å²) in [5, 5.41) is 0. The average molecular weight is 260 g/mol. The Balaban J connectivity index is 2.66. The molecular weight excluding hydrogens is 230 g/mol. The van der Waals surface area contributed by atoms with Crippen LogP contribution in [0.25, 0.3) is 0 Å². The van der Waals surface area contributed by atoms with Gasteiger partial charge in [-0.3, -0.25) is 4.98 Å². The Kier molecular flexibility index (Phi) is 8.53. The Bertz CT molecular complexity index is 315. The highest BCUT2D eigenvalue weighted by Gasteiger charge is 2.03. The summed E-state index contributed by atoms with van der Waals surface area (Å²) in [5.41, 5.74) is 4.03. The average Bonchev–Trinajstić information content (AvgIpc) is 2.40. The lowest BCUT2D eigenvalue weighted by molar-refractivity contribution is 0.686. The quantitative estimate of drug-likeness (QED) is 0.519. The second-order valence-electron chi connectivity index (χ2n) is 5.48. The molecule has 0 aliphatic rings. The van der Waals surface area contributed by atoms with E-state index in [2.05, 4.69) is 32.9 Å². The van der Waals surface area contributed by atoms with Crippen LogP contribution in [-0.2, 0) is 19.3 Å². The van der Waals surface area contributed by atoms with Crippen molar-refractivity contribution in [3.05, 3.63) is 36.0 Å². The van der Waals surface area contributed by atoms with E-state index in [9.17, 15) is 0 Å². The topological polar surface area (TPSA) is 12.9 Å². The van der Waals surface area contributed by atoms with Gasteiger partial charge in [0, 0.05) is 11.4 Å². The summed E-state index contributed by atoms with van der Waals surface area (Å²) in [6.45, 7) is 8.48. The number of aromatic nitrogens is 1. The van der Waals surface area contributed by atoms with E-state index in [1.807, 2.05) is 0 Å². The number of aryl methyl sites for hydroxylation is 3. The van der Waals surface area contributed by atoms with Gasteiger partial charge in [-0.1, -0.05) is 46.5 Å². The maximum Gasteiger partial charge on any atom is 0.0409 e. The first kappa shape index (κ1) is 16.2. The van der Waals surface area contributed by atoms with Crippen LogP contribution in [0.5, 0.6) is 0 Å². The summed E-state index contributed by atoms with van der Waals surface area (Å²) in [4.78, 5) is 4.84. The van der Waals surface area contributed by atoms with E-state index < -0.39 is 0 Å². The van der Waals surface area contributed by atoms with Crippen LogP contribution in [0.3, 0.4) is 0 Å². The minimum Gasteiger partial charge on any atom is -0.258 e. The minimum atomic E-state index is 0.979. The molecule has 0 fully saturated rings. The molecule has 1 radical (unpaired) electrons. The highest BCUT2D eigenvalue weighted by molar-refractivity contribution is 5.22. The van der Waals surface area contributed by atoms with Gasteiger partial charge in [0.25, 0.3) is 0 Å². The van der Waals surface area contributed by atoms with E-state index in [1.54, 1.807) is 0 Å². The third-order valence-corrected chi connectivity index (χ3v) is 3.53. The number of nitrogens with zero attached hydrogens (tertiary/aromatic N) is 1. The largest absolute Gasteiger partial charge is 0.258 e. The first-order valence-corrected chi connectivity index (χ1v) is 8.08. The maximum absolute atomic E-state index is 4.84. The number of hydrogen-bond acceptors (Lipinski definition) is 1. The van der Waals surface area contributed by atoms with Crippen molar-refractivity contribution in [3.63, 3.8) is 0 Å². The fourth-order valence-electron chi connectivity index (χ4n) is 2.44. The molecule has 0 aromatic carbocycles. The zero-order valence-corrected chi connectivity index (χ0v) is 12.9. The summed E-state index contributed by atoms with van der Waals surface area (Å²) in [5.74, 6) is 0. The Labute approximate surface area is 119 Å². The molecule has 0 unspecified atom stereocenters. The lowest BCUT2D eigenvalue weighted by atomic mass is 10.0. The lowest BCUT2D eigenvalue weighted by Gasteiger charge is -2.08. The molecule has 0 aliphatic heterocycles. The predicted molar refractivity (Wildman–Crippen MR) is 84.4 cm³/mol. The van der Waals surface area contributed by atoms with Crippen molar-refractivity contribution < 1.29 is 0 Å². The van der Waals surface area contributed by atoms with Gasteiger partial charge in [-0.2, -0.15) is 0 Å². The molecule has 1 heteroatoms. The van der Waals surface area contributed by atoms with E-state index >= 15 is 0 Å². The third-order valence-electron chi connectivity index (χ3n) is 3.53. The normalized spacial score (nSPS) is 10.9. The summed E-state index contributed by atoms with van der Waals surface area (Å²) in [7, 11) is 0. The molecule has 1 rings (SSSR count). The van der Waals surface area contributed by atoms with E-state index in [1.165, 1.54) is 55.5 Å². The maximum atomic E-state index is 4.84. The van der Waals surface area contributed by atoms with Gasteiger partial charge < -0.3 is 0 Å². The summed E-state index contributed by atoms with van der Waals surface area (Å²) < 4.78 is 0. The van der Waals surface area contributed by atoms with Crippen LogP contribution in [-0.4, -0.2) is 4.98 Å². The molecule has 19 heavy (non-hydrogen) atoms. The number of rotatable bonds is 10. The van der Waals surface area contributed by atoms with Gasteiger partial charge in [-0.05, 0) is 56.2 Å². The van der Waals surface area contributed by atoms with E-state index in [-0.39, 0.29) is 0 Å². The van der Waals surface area contributed by atoms with Crippen molar-refractivity contribution in [2.24, 2.45) is 0 Å². The van der Waals surface area contributed by atoms with Crippen LogP contribution in [0, 0.1) is 6.92 Å². The van der Waals surface area contributed by atoms with Crippen molar-refractivity contribution in [1.29, 1.82) is 0 Å². The van der Waals surface area contributed by atoms with Crippen molar-refractivity contribution in [1.82, 2.24) is 4.98 Å². The molecule has 0 saturated carbocycles. The molecule has 0 atom stereocenters. The second-order valence-corrected chi connectivity index (χ2v) is 5.48. The molecule has 1 nitrogen and oxygen atoms in total. The van der Waals surface area contributed by atoms with Gasteiger partial charge in [-0.15, -0.1) is 0 Å². The number of unbranched alkanes of at least 4 members (excludes halogenated alkanes) is 4. The molecule has 0 amide bonds. The van der Waals surface area contributed by atoms with Crippen LogP contribution in [0.2, 0.25) is 0 Å². The number of hydrogen-bond donors (Lipinski definition) is 0. The SMILES string of the molecule is [CH2]CCc1cc(CCCCC)nc(CCCCC)c1. The summed E-state index contributed by atoms with van der Waals surface area (Å²) in [6.07, 6.45) is 12.1. The fourth-order valence-corrected chi connectivity index (χ4v) is 2.44. The zero-order valence-electron chi connectivity index (χ0n) is 12.9. The van der Waals surface area contributed by atoms with Crippen LogP contribution in [0.1, 0.15) is 75.7 Å². The standard InChI is InChI=1S/C18H30N/c1-4-7-9-12-17-14-16(11-6-3)15-18(19-17)13-10-8-5-2/h14-15H,3-13H2,1-2H3. The van der Waals surface area contributed by atoms with Crippen molar-refractivity contribution in [2.75, 3.05) is 0 Å². The van der Waals surface area contributed by atoms with Gasteiger partial charge in [-0.25, -0.2) is 0 Å². The summed E-state index contributed by atoms with van der Waals surface area (Å²) >= 11 is 0. The minimum absolute atomic E-state index is 0.979. The molecule has 0 spiro atoms.